The topological polar surface area (TPSA) is 35.2 Å². The Morgan fingerprint density at radius 3 is 2.38 bits per heavy atom. The highest BCUT2D eigenvalue weighted by Gasteiger charge is 2.06. The fraction of sp³-hybridized carbons (Fsp3) is 0.250. The molecule has 1 aromatic rings. The zero-order valence-corrected chi connectivity index (χ0v) is 9.11. The van der Waals surface area contributed by atoms with E-state index in [1.54, 1.807) is 18.2 Å². The van der Waals surface area contributed by atoms with Crippen molar-refractivity contribution in [1.29, 1.82) is 0 Å². The summed E-state index contributed by atoms with van der Waals surface area (Å²) >= 11 is 15.6. The van der Waals surface area contributed by atoms with Gasteiger partial charge in [0.15, 0.2) is 5.56 Å². The van der Waals surface area contributed by atoms with Gasteiger partial charge < -0.3 is 4.74 Å². The first-order chi connectivity index (χ1) is 6.11. The summed E-state index contributed by atoms with van der Waals surface area (Å²) in [4.78, 5) is 0. The summed E-state index contributed by atoms with van der Waals surface area (Å²) in [7, 11) is 0. The Hall–Kier alpha value is 0.0700. The zero-order valence-electron chi connectivity index (χ0n) is 6.71. The van der Waals surface area contributed by atoms with Crippen LogP contribution in [-0.2, 0) is 11.3 Å². The molecule has 0 bridgehead atoms. The number of rotatable bonds is 3. The lowest BCUT2D eigenvalue weighted by Gasteiger charge is -2.09. The highest BCUT2D eigenvalue weighted by atomic mass is 35.5. The Morgan fingerprint density at radius 1 is 1.38 bits per heavy atom. The van der Waals surface area contributed by atoms with Crippen molar-refractivity contribution < 1.29 is 4.74 Å². The minimum absolute atomic E-state index is 0.267. The van der Waals surface area contributed by atoms with Gasteiger partial charge in [0.2, 0.25) is 0 Å². The van der Waals surface area contributed by atoms with Crippen molar-refractivity contribution in [2.75, 3.05) is 0 Å². The Morgan fingerprint density at radius 2 is 1.92 bits per heavy atom. The molecule has 0 saturated carbocycles. The van der Waals surface area contributed by atoms with Crippen LogP contribution in [0.15, 0.2) is 18.2 Å². The van der Waals surface area contributed by atoms with Crippen molar-refractivity contribution in [3.63, 3.8) is 0 Å². The molecule has 0 aliphatic heterocycles. The standard InChI is InChI=1S/C8H9Cl2NOS/c9-6-2-1-3-7(10)5(6)4-12-8(11)13/h1-3,8,13H,4,11H2/t8-/m0/s1. The second-order valence-corrected chi connectivity index (χ2v) is 3.73. The third-order valence-corrected chi connectivity index (χ3v) is 2.32. The fourth-order valence-electron chi connectivity index (χ4n) is 0.839. The molecule has 1 rings (SSSR count). The van der Waals surface area contributed by atoms with Crippen LogP contribution < -0.4 is 5.73 Å². The van der Waals surface area contributed by atoms with E-state index in [9.17, 15) is 0 Å². The second kappa shape index (κ2) is 5.08. The molecule has 0 fully saturated rings. The number of halogens is 2. The molecule has 0 unspecified atom stereocenters. The van der Waals surface area contributed by atoms with Crippen LogP contribution in [0.4, 0.5) is 0 Å². The SMILES string of the molecule is N[C@H](S)OCc1c(Cl)cccc1Cl. The van der Waals surface area contributed by atoms with E-state index < -0.39 is 5.56 Å². The summed E-state index contributed by atoms with van der Waals surface area (Å²) in [6, 6.07) is 5.27. The summed E-state index contributed by atoms with van der Waals surface area (Å²) < 4.78 is 5.06. The maximum absolute atomic E-state index is 5.88. The molecule has 0 spiro atoms. The summed E-state index contributed by atoms with van der Waals surface area (Å²) in [5.41, 5.74) is 5.41. The van der Waals surface area contributed by atoms with E-state index in [0.717, 1.165) is 5.56 Å². The maximum atomic E-state index is 5.88. The highest BCUT2D eigenvalue weighted by molar-refractivity contribution is 7.80. The van der Waals surface area contributed by atoms with Gasteiger partial charge in [0.1, 0.15) is 0 Å². The molecule has 0 amide bonds. The van der Waals surface area contributed by atoms with Crippen LogP contribution in [0, 0.1) is 0 Å². The van der Waals surface area contributed by atoms with Crippen LogP contribution in [0.3, 0.4) is 0 Å². The lowest BCUT2D eigenvalue weighted by atomic mass is 10.2. The van der Waals surface area contributed by atoms with E-state index >= 15 is 0 Å². The monoisotopic (exact) mass is 237 g/mol. The lowest BCUT2D eigenvalue weighted by Crippen LogP contribution is -2.16. The normalized spacial score (nSPS) is 12.9. The number of hydrogen-bond acceptors (Lipinski definition) is 3. The first kappa shape index (κ1) is 11.1. The molecule has 0 aromatic heterocycles. The summed E-state index contributed by atoms with van der Waals surface area (Å²) in [5, 5.41) is 1.14. The third-order valence-electron chi connectivity index (χ3n) is 1.46. The largest absolute Gasteiger partial charge is 0.350 e. The van der Waals surface area contributed by atoms with E-state index in [4.69, 9.17) is 33.7 Å². The van der Waals surface area contributed by atoms with E-state index in [0.29, 0.717) is 10.0 Å². The van der Waals surface area contributed by atoms with Gasteiger partial charge in [0.25, 0.3) is 0 Å². The average molecular weight is 238 g/mol. The van der Waals surface area contributed by atoms with E-state index in [1.165, 1.54) is 0 Å². The molecular weight excluding hydrogens is 229 g/mol. The van der Waals surface area contributed by atoms with Crippen LogP contribution in [0.2, 0.25) is 10.0 Å². The minimum atomic E-state index is -0.618. The number of hydrogen-bond donors (Lipinski definition) is 2. The molecule has 0 radical (unpaired) electrons. The molecule has 0 aliphatic rings. The van der Waals surface area contributed by atoms with Gasteiger partial charge in [-0.15, -0.1) is 12.6 Å². The minimum Gasteiger partial charge on any atom is -0.350 e. The van der Waals surface area contributed by atoms with Crippen LogP contribution in [0.25, 0.3) is 0 Å². The second-order valence-electron chi connectivity index (χ2n) is 2.40. The maximum Gasteiger partial charge on any atom is 0.151 e. The van der Waals surface area contributed by atoms with Crippen LogP contribution >= 0.6 is 35.8 Å². The van der Waals surface area contributed by atoms with Crippen molar-refractivity contribution in [3.8, 4) is 0 Å². The molecule has 0 aliphatic carbocycles. The van der Waals surface area contributed by atoms with Crippen molar-refractivity contribution in [1.82, 2.24) is 0 Å². The molecular formula is C8H9Cl2NOS. The van der Waals surface area contributed by atoms with Gasteiger partial charge in [-0.1, -0.05) is 29.3 Å². The van der Waals surface area contributed by atoms with Gasteiger partial charge in [-0.3, -0.25) is 5.73 Å². The molecule has 13 heavy (non-hydrogen) atoms. The van der Waals surface area contributed by atoms with E-state index in [1.807, 2.05) is 0 Å². The van der Waals surface area contributed by atoms with Crippen molar-refractivity contribution in [2.24, 2.45) is 5.73 Å². The average Bonchev–Trinajstić information content (AvgIpc) is 2.03. The van der Waals surface area contributed by atoms with Crippen molar-refractivity contribution in [2.45, 2.75) is 12.2 Å². The van der Waals surface area contributed by atoms with E-state index in [2.05, 4.69) is 12.6 Å². The smallest absolute Gasteiger partial charge is 0.151 e. The van der Waals surface area contributed by atoms with Gasteiger partial charge in [0.05, 0.1) is 6.61 Å². The molecule has 1 aromatic carbocycles. The Bertz CT molecular complexity index is 273. The molecule has 2 N–H and O–H groups in total. The highest BCUT2D eigenvalue weighted by Crippen LogP contribution is 2.25. The number of nitrogens with two attached hydrogens (primary N) is 1. The Labute approximate surface area is 92.4 Å². The fourth-order valence-corrected chi connectivity index (χ4v) is 1.42. The third kappa shape index (κ3) is 3.37. The first-order valence-electron chi connectivity index (χ1n) is 3.59. The predicted molar refractivity (Wildman–Crippen MR) is 58.2 cm³/mol. The molecule has 2 nitrogen and oxygen atoms in total. The first-order valence-corrected chi connectivity index (χ1v) is 4.86. The number of ether oxygens (including phenoxy) is 1. The number of benzene rings is 1. The molecule has 0 heterocycles. The summed E-state index contributed by atoms with van der Waals surface area (Å²) in [6.45, 7) is 0.267. The van der Waals surface area contributed by atoms with Gasteiger partial charge in [-0.05, 0) is 12.1 Å². The quantitative estimate of drug-likeness (QED) is 0.627. The summed E-state index contributed by atoms with van der Waals surface area (Å²) in [5.74, 6) is 0. The van der Waals surface area contributed by atoms with Gasteiger partial charge in [-0.2, -0.15) is 0 Å². The number of thiol groups is 1. The van der Waals surface area contributed by atoms with Gasteiger partial charge in [0, 0.05) is 15.6 Å². The van der Waals surface area contributed by atoms with Crippen LogP contribution in [-0.4, -0.2) is 5.56 Å². The van der Waals surface area contributed by atoms with Crippen LogP contribution in [0.1, 0.15) is 5.56 Å². The van der Waals surface area contributed by atoms with E-state index in [-0.39, 0.29) is 6.61 Å². The van der Waals surface area contributed by atoms with Crippen molar-refractivity contribution >= 4 is 35.8 Å². The van der Waals surface area contributed by atoms with Gasteiger partial charge >= 0.3 is 0 Å². The zero-order chi connectivity index (χ0) is 9.84. The Kier molecular flexibility index (Phi) is 4.35. The Balaban J connectivity index is 2.75. The van der Waals surface area contributed by atoms with Crippen LogP contribution in [0.5, 0.6) is 0 Å². The molecule has 72 valence electrons. The molecule has 1 atom stereocenters. The summed E-state index contributed by atoms with van der Waals surface area (Å²) in [6.07, 6.45) is 0. The predicted octanol–water partition coefficient (Wildman–Crippen LogP) is 2.68. The van der Waals surface area contributed by atoms with Crippen molar-refractivity contribution in [3.05, 3.63) is 33.8 Å². The molecule has 5 heteroatoms. The molecule has 0 saturated heterocycles. The van der Waals surface area contributed by atoms with Gasteiger partial charge in [-0.25, -0.2) is 0 Å². The lowest BCUT2D eigenvalue weighted by molar-refractivity contribution is 0.105.